The van der Waals surface area contributed by atoms with Gasteiger partial charge in [-0.2, -0.15) is 13.2 Å². The van der Waals surface area contributed by atoms with Crippen LogP contribution in [0.25, 0.3) is 0 Å². The van der Waals surface area contributed by atoms with E-state index in [1.54, 1.807) is 0 Å². The van der Waals surface area contributed by atoms with Gasteiger partial charge in [0.2, 0.25) is 5.60 Å². The quantitative estimate of drug-likeness (QED) is 0.772. The Labute approximate surface area is 111 Å². The molecular weight excluding hydrogens is 290 g/mol. The molecule has 1 atom stereocenters. The molecule has 18 heavy (non-hydrogen) atoms. The normalized spacial score (nSPS) is 23.8. The maximum atomic E-state index is 13.2. The first-order valence-corrected chi connectivity index (χ1v) is 5.65. The SMILES string of the molecule is CN1C=CC(c2cc(Cl)cc(Cl)c2)(C(F)(F)F)O1. The molecule has 0 spiro atoms. The lowest BCUT2D eigenvalue weighted by Crippen LogP contribution is -2.42. The van der Waals surface area contributed by atoms with Crippen LogP contribution >= 0.6 is 23.2 Å². The summed E-state index contributed by atoms with van der Waals surface area (Å²) in [5, 5.41) is 1.22. The zero-order valence-electron chi connectivity index (χ0n) is 9.13. The molecule has 1 aliphatic rings. The Hall–Kier alpha value is -0.910. The van der Waals surface area contributed by atoms with Crippen LogP contribution in [0.5, 0.6) is 0 Å². The van der Waals surface area contributed by atoms with Crippen molar-refractivity contribution in [2.75, 3.05) is 7.05 Å². The lowest BCUT2D eigenvalue weighted by Gasteiger charge is -2.30. The molecule has 98 valence electrons. The molecular formula is C11H8Cl2F3NO. The highest BCUT2D eigenvalue weighted by molar-refractivity contribution is 6.34. The van der Waals surface area contributed by atoms with E-state index in [1.165, 1.54) is 31.4 Å². The highest BCUT2D eigenvalue weighted by atomic mass is 35.5. The molecule has 1 aromatic carbocycles. The molecule has 0 aliphatic carbocycles. The lowest BCUT2D eigenvalue weighted by molar-refractivity contribution is -0.310. The van der Waals surface area contributed by atoms with Crippen molar-refractivity contribution in [1.82, 2.24) is 5.06 Å². The minimum absolute atomic E-state index is 0.118. The second-order valence-electron chi connectivity index (χ2n) is 3.84. The first-order valence-electron chi connectivity index (χ1n) is 4.89. The molecule has 1 heterocycles. The Morgan fingerprint density at radius 2 is 1.72 bits per heavy atom. The summed E-state index contributed by atoms with van der Waals surface area (Å²) >= 11 is 11.5. The number of hydrogen-bond acceptors (Lipinski definition) is 2. The number of hydrogen-bond donors (Lipinski definition) is 0. The van der Waals surface area contributed by atoms with Gasteiger partial charge in [-0.3, -0.25) is 5.06 Å². The van der Waals surface area contributed by atoms with E-state index in [4.69, 9.17) is 28.0 Å². The summed E-state index contributed by atoms with van der Waals surface area (Å²) in [6, 6.07) is 3.73. The summed E-state index contributed by atoms with van der Waals surface area (Å²) in [4.78, 5) is 4.89. The summed E-state index contributed by atoms with van der Waals surface area (Å²) in [6.07, 6.45) is -2.50. The van der Waals surface area contributed by atoms with Crippen LogP contribution in [0.15, 0.2) is 30.5 Å². The molecule has 1 aromatic rings. The topological polar surface area (TPSA) is 12.5 Å². The lowest BCUT2D eigenvalue weighted by atomic mass is 9.93. The van der Waals surface area contributed by atoms with Crippen molar-refractivity contribution in [3.63, 3.8) is 0 Å². The van der Waals surface area contributed by atoms with E-state index >= 15 is 0 Å². The van der Waals surface area contributed by atoms with E-state index in [0.29, 0.717) is 0 Å². The van der Waals surface area contributed by atoms with Crippen LogP contribution in [0.2, 0.25) is 10.0 Å². The first-order chi connectivity index (χ1) is 8.24. The molecule has 0 bridgehead atoms. The molecule has 0 fully saturated rings. The Morgan fingerprint density at radius 1 is 1.17 bits per heavy atom. The van der Waals surface area contributed by atoms with Gasteiger partial charge in [0, 0.05) is 28.9 Å². The van der Waals surface area contributed by atoms with E-state index in [1.807, 2.05) is 0 Å². The third-order valence-electron chi connectivity index (χ3n) is 2.52. The van der Waals surface area contributed by atoms with E-state index in [2.05, 4.69) is 0 Å². The van der Waals surface area contributed by atoms with Crippen molar-refractivity contribution in [3.05, 3.63) is 46.1 Å². The third-order valence-corrected chi connectivity index (χ3v) is 2.96. The zero-order chi connectivity index (χ0) is 13.6. The Bertz CT molecular complexity index is 483. The predicted molar refractivity (Wildman–Crippen MR) is 62.2 cm³/mol. The van der Waals surface area contributed by atoms with E-state index in [-0.39, 0.29) is 15.6 Å². The van der Waals surface area contributed by atoms with Gasteiger partial charge in [-0.15, -0.1) is 0 Å². The molecule has 0 saturated carbocycles. The van der Waals surface area contributed by atoms with Crippen molar-refractivity contribution in [1.29, 1.82) is 0 Å². The molecule has 0 saturated heterocycles. The molecule has 1 unspecified atom stereocenters. The Kier molecular flexibility index (Phi) is 3.25. The zero-order valence-corrected chi connectivity index (χ0v) is 10.6. The molecule has 2 nitrogen and oxygen atoms in total. The largest absolute Gasteiger partial charge is 0.428 e. The van der Waals surface area contributed by atoms with E-state index < -0.39 is 11.8 Å². The molecule has 0 N–H and O–H groups in total. The highest BCUT2D eigenvalue weighted by Crippen LogP contribution is 2.47. The average Bonchev–Trinajstić information content (AvgIpc) is 2.59. The third kappa shape index (κ3) is 2.18. The van der Waals surface area contributed by atoms with Crippen LogP contribution in [-0.2, 0) is 10.4 Å². The fraction of sp³-hybridized carbons (Fsp3) is 0.273. The summed E-state index contributed by atoms with van der Waals surface area (Å²) in [6.45, 7) is 0. The minimum atomic E-state index is -4.62. The summed E-state index contributed by atoms with van der Waals surface area (Å²) in [7, 11) is 1.37. The smallest absolute Gasteiger partial charge is 0.263 e. The number of halogens is 5. The van der Waals surface area contributed by atoms with Crippen LogP contribution in [0.1, 0.15) is 5.56 Å². The van der Waals surface area contributed by atoms with Crippen LogP contribution in [0.4, 0.5) is 13.2 Å². The number of hydroxylamine groups is 2. The van der Waals surface area contributed by atoms with Crippen molar-refractivity contribution in [2.45, 2.75) is 11.8 Å². The Morgan fingerprint density at radius 3 is 2.11 bits per heavy atom. The first kappa shape index (κ1) is 13.5. The molecule has 0 amide bonds. The monoisotopic (exact) mass is 297 g/mol. The minimum Gasteiger partial charge on any atom is -0.263 e. The fourth-order valence-corrected chi connectivity index (χ4v) is 2.25. The second kappa shape index (κ2) is 4.33. The number of nitrogens with zero attached hydrogens (tertiary/aromatic N) is 1. The Balaban J connectivity index is 2.58. The van der Waals surface area contributed by atoms with Gasteiger partial charge in [0.05, 0.1) is 0 Å². The van der Waals surface area contributed by atoms with Gasteiger partial charge >= 0.3 is 6.18 Å². The van der Waals surface area contributed by atoms with Gasteiger partial charge in [0.1, 0.15) is 0 Å². The second-order valence-corrected chi connectivity index (χ2v) is 4.72. The number of benzene rings is 1. The van der Waals surface area contributed by atoms with Crippen LogP contribution < -0.4 is 0 Å². The van der Waals surface area contributed by atoms with Gasteiger partial charge < -0.3 is 0 Å². The summed E-state index contributed by atoms with van der Waals surface area (Å²) < 4.78 is 39.7. The average molecular weight is 298 g/mol. The molecule has 7 heteroatoms. The van der Waals surface area contributed by atoms with Crippen LogP contribution in [0.3, 0.4) is 0 Å². The molecule has 0 radical (unpaired) electrons. The number of alkyl halides is 3. The van der Waals surface area contributed by atoms with Gasteiger partial charge in [-0.1, -0.05) is 23.2 Å². The van der Waals surface area contributed by atoms with E-state index in [0.717, 1.165) is 11.1 Å². The fourth-order valence-electron chi connectivity index (χ4n) is 1.73. The molecule has 0 aromatic heterocycles. The molecule has 1 aliphatic heterocycles. The van der Waals surface area contributed by atoms with Gasteiger partial charge in [0.25, 0.3) is 0 Å². The summed E-state index contributed by atoms with van der Waals surface area (Å²) in [5.74, 6) is 0. The van der Waals surface area contributed by atoms with Crippen LogP contribution in [0, 0.1) is 0 Å². The number of rotatable bonds is 1. The summed E-state index contributed by atoms with van der Waals surface area (Å²) in [5.41, 5.74) is -2.70. The van der Waals surface area contributed by atoms with Crippen molar-refractivity contribution < 1.29 is 18.0 Å². The van der Waals surface area contributed by atoms with Gasteiger partial charge in [-0.25, -0.2) is 4.84 Å². The maximum Gasteiger partial charge on any atom is 0.428 e. The van der Waals surface area contributed by atoms with Gasteiger partial charge in [-0.05, 0) is 24.3 Å². The predicted octanol–water partition coefficient (Wildman–Crippen LogP) is 4.14. The van der Waals surface area contributed by atoms with Crippen molar-refractivity contribution >= 4 is 23.2 Å². The molecule has 2 rings (SSSR count). The van der Waals surface area contributed by atoms with E-state index in [9.17, 15) is 13.2 Å². The van der Waals surface area contributed by atoms with Crippen molar-refractivity contribution in [2.24, 2.45) is 0 Å². The maximum absolute atomic E-state index is 13.2. The van der Waals surface area contributed by atoms with Crippen LogP contribution in [-0.4, -0.2) is 18.3 Å². The van der Waals surface area contributed by atoms with Gasteiger partial charge in [0.15, 0.2) is 0 Å². The standard InChI is InChI=1S/C11H8Cl2F3NO/c1-17-3-2-10(18-17,11(14,15)16)7-4-8(12)6-9(13)5-7/h2-6H,1H3. The van der Waals surface area contributed by atoms with Crippen molar-refractivity contribution in [3.8, 4) is 0 Å². The highest BCUT2D eigenvalue weighted by Gasteiger charge is 2.59.